The van der Waals surface area contributed by atoms with Gasteiger partial charge in [0.15, 0.2) is 0 Å². The van der Waals surface area contributed by atoms with Gasteiger partial charge < -0.3 is 10.1 Å². The van der Waals surface area contributed by atoms with Crippen LogP contribution >= 0.6 is 0 Å². The molecule has 3 rings (SSSR count). The summed E-state index contributed by atoms with van der Waals surface area (Å²) in [6.45, 7) is 15.2. The van der Waals surface area contributed by atoms with Crippen molar-refractivity contribution in [2.24, 2.45) is 16.5 Å². The molecule has 1 aromatic rings. The number of anilines is 1. The van der Waals surface area contributed by atoms with Gasteiger partial charge in [0.1, 0.15) is 0 Å². The van der Waals surface area contributed by atoms with Crippen molar-refractivity contribution in [1.29, 1.82) is 0 Å². The molecule has 29 heavy (non-hydrogen) atoms. The van der Waals surface area contributed by atoms with Gasteiger partial charge in [0.05, 0.1) is 6.21 Å². The molecule has 1 aliphatic heterocycles. The molecule has 1 saturated heterocycles. The summed E-state index contributed by atoms with van der Waals surface area (Å²) in [4.78, 5) is 5.18. The van der Waals surface area contributed by atoms with E-state index in [1.165, 1.54) is 56.3 Å². The van der Waals surface area contributed by atoms with E-state index < -0.39 is 0 Å². The molecule has 1 aromatic carbocycles. The molecule has 0 bridgehead atoms. The van der Waals surface area contributed by atoms with Crippen LogP contribution in [0.25, 0.3) is 0 Å². The fourth-order valence-electron chi connectivity index (χ4n) is 5.19. The summed E-state index contributed by atoms with van der Waals surface area (Å²) in [5.74, 6) is 1.49. The van der Waals surface area contributed by atoms with E-state index in [0.29, 0.717) is 11.3 Å². The first-order valence-electron chi connectivity index (χ1n) is 11.7. The molecular weight excluding hydrogens is 358 g/mol. The summed E-state index contributed by atoms with van der Waals surface area (Å²) in [5.41, 5.74) is 4.29. The van der Waals surface area contributed by atoms with Gasteiger partial charge in [-0.3, -0.25) is 4.90 Å². The highest BCUT2D eigenvalue weighted by atomic mass is 16.4. The molecule has 2 fully saturated rings. The molecule has 4 heteroatoms. The molecule has 1 aliphatic carbocycles. The van der Waals surface area contributed by atoms with E-state index >= 15 is 0 Å². The number of rotatable bonds is 6. The van der Waals surface area contributed by atoms with Crippen LogP contribution in [0.5, 0.6) is 0 Å². The van der Waals surface area contributed by atoms with Gasteiger partial charge >= 0.3 is 0 Å². The highest BCUT2D eigenvalue weighted by Crippen LogP contribution is 2.45. The van der Waals surface area contributed by atoms with E-state index in [1.54, 1.807) is 6.21 Å². The number of oxime groups is 1. The van der Waals surface area contributed by atoms with Gasteiger partial charge in [-0.05, 0) is 73.1 Å². The topological polar surface area (TPSA) is 39.1 Å². The van der Waals surface area contributed by atoms with Crippen LogP contribution < -0.4 is 4.90 Å². The van der Waals surface area contributed by atoms with Gasteiger partial charge in [0.25, 0.3) is 0 Å². The fraction of sp³-hybridized carbons (Fsp3) is 0.720. The zero-order valence-corrected chi connectivity index (χ0v) is 19.0. The van der Waals surface area contributed by atoms with Crippen LogP contribution in [0.3, 0.4) is 0 Å². The summed E-state index contributed by atoms with van der Waals surface area (Å²) < 4.78 is 0. The highest BCUT2D eigenvalue weighted by Gasteiger charge is 2.32. The van der Waals surface area contributed by atoms with E-state index in [4.69, 9.17) is 5.21 Å². The minimum Gasteiger partial charge on any atom is -0.411 e. The van der Waals surface area contributed by atoms with Gasteiger partial charge in [0, 0.05) is 31.9 Å². The molecule has 4 nitrogen and oxygen atoms in total. The normalized spacial score (nSPS) is 24.3. The van der Waals surface area contributed by atoms with Crippen molar-refractivity contribution in [2.75, 3.05) is 37.6 Å². The lowest BCUT2D eigenvalue weighted by Gasteiger charge is -2.40. The maximum atomic E-state index is 9.01. The van der Waals surface area contributed by atoms with Crippen molar-refractivity contribution in [3.63, 3.8) is 0 Å². The third-order valence-electron chi connectivity index (χ3n) is 7.19. The van der Waals surface area contributed by atoms with E-state index in [-0.39, 0.29) is 0 Å². The molecule has 2 aliphatic rings. The fourth-order valence-corrected chi connectivity index (χ4v) is 5.19. The Morgan fingerprint density at radius 3 is 2.34 bits per heavy atom. The van der Waals surface area contributed by atoms with Crippen LogP contribution in [-0.4, -0.2) is 49.0 Å². The van der Waals surface area contributed by atoms with Crippen molar-refractivity contribution in [3.8, 4) is 0 Å². The van der Waals surface area contributed by atoms with E-state index in [9.17, 15) is 0 Å². The first-order chi connectivity index (χ1) is 13.9. The predicted octanol–water partition coefficient (Wildman–Crippen LogP) is 5.74. The van der Waals surface area contributed by atoms with Crippen LogP contribution in [-0.2, 0) is 0 Å². The van der Waals surface area contributed by atoms with Crippen LogP contribution in [0, 0.1) is 11.3 Å². The predicted molar refractivity (Wildman–Crippen MR) is 124 cm³/mol. The highest BCUT2D eigenvalue weighted by molar-refractivity contribution is 5.81. The van der Waals surface area contributed by atoms with E-state index in [1.807, 2.05) is 0 Å². The Labute approximate surface area is 178 Å². The van der Waals surface area contributed by atoms with Crippen LogP contribution in [0.4, 0.5) is 5.69 Å². The van der Waals surface area contributed by atoms with Gasteiger partial charge in [-0.25, -0.2) is 0 Å². The minimum atomic E-state index is 0.421. The van der Waals surface area contributed by atoms with Gasteiger partial charge in [-0.15, -0.1) is 0 Å². The molecule has 1 saturated carbocycles. The molecule has 0 radical (unpaired) electrons. The second kappa shape index (κ2) is 9.97. The summed E-state index contributed by atoms with van der Waals surface area (Å²) in [5, 5.41) is 12.3. The minimum absolute atomic E-state index is 0.421. The largest absolute Gasteiger partial charge is 0.411 e. The second-order valence-corrected chi connectivity index (χ2v) is 10.2. The zero-order chi connectivity index (χ0) is 20.9. The number of benzene rings is 1. The molecule has 162 valence electrons. The number of nitrogens with zero attached hydrogens (tertiary/aromatic N) is 3. The lowest BCUT2D eigenvalue weighted by Crippen LogP contribution is -2.47. The Kier molecular flexibility index (Phi) is 7.61. The van der Waals surface area contributed by atoms with Gasteiger partial charge in [-0.1, -0.05) is 51.4 Å². The molecule has 0 spiro atoms. The maximum absolute atomic E-state index is 9.01. The number of unbranched alkanes of at least 4 members (excludes halogenated alkanes) is 1. The Morgan fingerprint density at radius 2 is 1.76 bits per heavy atom. The number of hydrogen-bond donors (Lipinski definition) is 1. The van der Waals surface area contributed by atoms with Crippen molar-refractivity contribution < 1.29 is 5.21 Å². The lowest BCUT2D eigenvalue weighted by atomic mass is 9.68. The Bertz CT molecular complexity index is 663. The molecule has 0 aromatic heterocycles. The molecular formula is C25H41N3O. The first-order valence-corrected chi connectivity index (χ1v) is 11.7. The maximum Gasteiger partial charge on any atom is 0.0734 e. The third kappa shape index (κ3) is 5.75. The lowest BCUT2D eigenvalue weighted by molar-refractivity contribution is 0.169. The second-order valence-electron chi connectivity index (χ2n) is 10.2. The quantitative estimate of drug-likeness (QED) is 0.377. The summed E-state index contributed by atoms with van der Waals surface area (Å²) >= 11 is 0. The molecule has 1 heterocycles. The molecule has 1 N–H and O–H groups in total. The van der Waals surface area contributed by atoms with Crippen molar-refractivity contribution >= 4 is 11.9 Å². The third-order valence-corrected chi connectivity index (χ3v) is 7.19. The SMILES string of the molecule is CCCCN1CCN(c2cc(C=NO)ccc2C2CCC(C(C)(C)C)CC2)CC1. The first kappa shape index (κ1) is 22.1. The Balaban J connectivity index is 1.75. The van der Waals surface area contributed by atoms with Crippen LogP contribution in [0.15, 0.2) is 23.4 Å². The van der Waals surface area contributed by atoms with Crippen LogP contribution in [0.2, 0.25) is 0 Å². The number of hydrogen-bond acceptors (Lipinski definition) is 4. The van der Waals surface area contributed by atoms with Gasteiger partial charge in [0.2, 0.25) is 0 Å². The Hall–Kier alpha value is -1.55. The summed E-state index contributed by atoms with van der Waals surface area (Å²) in [6.07, 6.45) is 9.37. The molecule has 0 amide bonds. The summed E-state index contributed by atoms with van der Waals surface area (Å²) in [6, 6.07) is 6.66. The van der Waals surface area contributed by atoms with Crippen molar-refractivity contribution in [3.05, 3.63) is 29.3 Å². The Morgan fingerprint density at radius 1 is 1.07 bits per heavy atom. The average Bonchev–Trinajstić information content (AvgIpc) is 2.72. The van der Waals surface area contributed by atoms with Crippen LogP contribution in [0.1, 0.15) is 83.3 Å². The van der Waals surface area contributed by atoms with Crippen molar-refractivity contribution in [2.45, 2.75) is 72.1 Å². The average molecular weight is 400 g/mol. The molecule has 0 unspecified atom stereocenters. The zero-order valence-electron chi connectivity index (χ0n) is 19.0. The van der Waals surface area contributed by atoms with Gasteiger partial charge in [-0.2, -0.15) is 0 Å². The summed E-state index contributed by atoms with van der Waals surface area (Å²) in [7, 11) is 0. The monoisotopic (exact) mass is 399 g/mol. The number of piperazine rings is 1. The standard InChI is InChI=1S/C25H41N3O/c1-5-6-13-27-14-16-28(17-15-27)24-18-20(19-26-29)7-12-23(24)21-8-10-22(11-9-21)25(2,3)4/h7,12,18-19,21-22,29H,5-6,8-11,13-17H2,1-4H3. The van der Waals surface area contributed by atoms with Crippen molar-refractivity contribution in [1.82, 2.24) is 4.90 Å². The van der Waals surface area contributed by atoms with E-state index in [2.05, 4.69) is 60.8 Å². The van der Waals surface area contributed by atoms with E-state index in [0.717, 1.165) is 37.7 Å². The molecule has 0 atom stereocenters. The smallest absolute Gasteiger partial charge is 0.0734 e.